The lowest BCUT2D eigenvalue weighted by molar-refractivity contribution is 0.0519. The van der Waals surface area contributed by atoms with Crippen molar-refractivity contribution in [1.82, 2.24) is 20.3 Å². The van der Waals surface area contributed by atoms with Crippen LogP contribution in [0.25, 0.3) is 0 Å². The average molecular weight is 526 g/mol. The minimum Gasteiger partial charge on any atom is -0.377 e. The smallest absolute Gasteiger partial charge is 0.251 e. The number of aromatic nitrogens is 3. The van der Waals surface area contributed by atoms with Crippen molar-refractivity contribution >= 4 is 23.8 Å². The SMILES string of the molecule is O=C(NCCOCCOCCNc1nc(NC2CCCCCCC2)nc(NC2CCC2)n1)c1ccccc1. The summed E-state index contributed by atoms with van der Waals surface area (Å²) in [6.45, 7) is 2.95. The van der Waals surface area contributed by atoms with Crippen LogP contribution in [0.3, 0.4) is 0 Å². The van der Waals surface area contributed by atoms with Crippen molar-refractivity contribution < 1.29 is 14.3 Å². The number of nitrogens with one attached hydrogen (secondary N) is 4. The third-order valence-corrected chi connectivity index (χ3v) is 6.98. The summed E-state index contributed by atoms with van der Waals surface area (Å²) in [4.78, 5) is 25.9. The van der Waals surface area contributed by atoms with Crippen LogP contribution in [0.2, 0.25) is 0 Å². The summed E-state index contributed by atoms with van der Waals surface area (Å²) in [7, 11) is 0. The van der Waals surface area contributed by atoms with Gasteiger partial charge in [-0.2, -0.15) is 15.0 Å². The Kier molecular flexibility index (Phi) is 11.9. The minimum absolute atomic E-state index is 0.0936. The highest BCUT2D eigenvalue weighted by Crippen LogP contribution is 2.24. The molecule has 2 fully saturated rings. The van der Waals surface area contributed by atoms with Crippen molar-refractivity contribution in [2.45, 2.75) is 76.3 Å². The van der Waals surface area contributed by atoms with E-state index in [1.807, 2.05) is 18.2 Å². The van der Waals surface area contributed by atoms with Crippen LogP contribution in [0.1, 0.15) is 74.6 Å². The molecule has 1 amide bonds. The number of benzene rings is 1. The van der Waals surface area contributed by atoms with Crippen LogP contribution < -0.4 is 21.3 Å². The molecule has 2 aromatic rings. The van der Waals surface area contributed by atoms with Crippen molar-refractivity contribution in [1.29, 1.82) is 0 Å². The first-order chi connectivity index (χ1) is 18.8. The quantitative estimate of drug-likeness (QED) is 0.253. The lowest BCUT2D eigenvalue weighted by Crippen LogP contribution is -2.29. The Hall–Kier alpha value is -2.98. The van der Waals surface area contributed by atoms with Gasteiger partial charge in [0.2, 0.25) is 17.8 Å². The number of rotatable bonds is 15. The molecule has 0 saturated heterocycles. The highest BCUT2D eigenvalue weighted by atomic mass is 16.5. The lowest BCUT2D eigenvalue weighted by Gasteiger charge is -2.27. The fourth-order valence-electron chi connectivity index (χ4n) is 4.59. The lowest BCUT2D eigenvalue weighted by atomic mass is 9.93. The van der Waals surface area contributed by atoms with Crippen molar-refractivity contribution in [2.24, 2.45) is 0 Å². The molecule has 2 aliphatic carbocycles. The molecule has 0 bridgehead atoms. The first kappa shape index (κ1) is 28.0. The fourth-order valence-corrected chi connectivity index (χ4v) is 4.59. The Morgan fingerprint density at radius 3 is 1.84 bits per heavy atom. The van der Waals surface area contributed by atoms with Gasteiger partial charge in [0.1, 0.15) is 0 Å². The van der Waals surface area contributed by atoms with Gasteiger partial charge in [0.05, 0.1) is 26.4 Å². The molecule has 1 aromatic carbocycles. The second kappa shape index (κ2) is 16.1. The number of carbonyl (C=O) groups is 1. The zero-order chi connectivity index (χ0) is 26.3. The van der Waals surface area contributed by atoms with E-state index in [1.165, 1.54) is 38.5 Å². The summed E-state index contributed by atoms with van der Waals surface area (Å²) in [5.41, 5.74) is 0.648. The van der Waals surface area contributed by atoms with Crippen LogP contribution >= 0.6 is 0 Å². The van der Waals surface area contributed by atoms with Crippen molar-refractivity contribution in [3.05, 3.63) is 35.9 Å². The number of hydrogen-bond donors (Lipinski definition) is 4. The average Bonchev–Trinajstić information content (AvgIpc) is 2.89. The largest absolute Gasteiger partial charge is 0.377 e. The first-order valence-electron chi connectivity index (χ1n) is 14.3. The number of amides is 1. The molecule has 2 aliphatic rings. The Labute approximate surface area is 226 Å². The van der Waals surface area contributed by atoms with Crippen LogP contribution in [-0.2, 0) is 9.47 Å². The van der Waals surface area contributed by atoms with E-state index in [-0.39, 0.29) is 5.91 Å². The first-order valence-corrected chi connectivity index (χ1v) is 14.3. The maximum absolute atomic E-state index is 12.0. The normalized spacial score (nSPS) is 16.6. The highest BCUT2D eigenvalue weighted by molar-refractivity contribution is 5.94. The van der Waals surface area contributed by atoms with Crippen molar-refractivity contribution in [3.8, 4) is 0 Å². The number of ether oxygens (including phenoxy) is 2. The van der Waals surface area contributed by atoms with E-state index < -0.39 is 0 Å². The molecule has 1 heterocycles. The van der Waals surface area contributed by atoms with E-state index in [0.29, 0.717) is 75.0 Å². The van der Waals surface area contributed by atoms with Gasteiger partial charge >= 0.3 is 0 Å². The molecule has 0 aliphatic heterocycles. The van der Waals surface area contributed by atoms with Gasteiger partial charge in [-0.3, -0.25) is 4.79 Å². The maximum Gasteiger partial charge on any atom is 0.251 e. The summed E-state index contributed by atoms with van der Waals surface area (Å²) in [5.74, 6) is 1.74. The summed E-state index contributed by atoms with van der Waals surface area (Å²) in [5, 5.41) is 13.1. The van der Waals surface area contributed by atoms with Crippen LogP contribution in [0.5, 0.6) is 0 Å². The molecule has 10 heteroatoms. The minimum atomic E-state index is -0.0936. The Morgan fingerprint density at radius 1 is 0.684 bits per heavy atom. The number of hydrogen-bond acceptors (Lipinski definition) is 9. The molecule has 4 N–H and O–H groups in total. The molecule has 10 nitrogen and oxygen atoms in total. The van der Waals surface area contributed by atoms with E-state index in [2.05, 4.69) is 36.2 Å². The van der Waals surface area contributed by atoms with Gasteiger partial charge in [-0.05, 0) is 44.2 Å². The van der Waals surface area contributed by atoms with E-state index in [0.717, 1.165) is 25.7 Å². The van der Waals surface area contributed by atoms with Gasteiger partial charge < -0.3 is 30.7 Å². The zero-order valence-electron chi connectivity index (χ0n) is 22.4. The van der Waals surface area contributed by atoms with E-state index in [9.17, 15) is 4.79 Å². The maximum atomic E-state index is 12.0. The monoisotopic (exact) mass is 525 g/mol. The topological polar surface area (TPSA) is 122 Å². The second-order valence-corrected chi connectivity index (χ2v) is 10.0. The van der Waals surface area contributed by atoms with Gasteiger partial charge in [0.15, 0.2) is 0 Å². The van der Waals surface area contributed by atoms with Crippen LogP contribution in [0.4, 0.5) is 17.8 Å². The summed E-state index contributed by atoms with van der Waals surface area (Å²) in [6.07, 6.45) is 12.4. The zero-order valence-corrected chi connectivity index (χ0v) is 22.4. The summed E-state index contributed by atoms with van der Waals surface area (Å²) >= 11 is 0. The number of anilines is 3. The molecule has 0 unspecified atom stereocenters. The van der Waals surface area contributed by atoms with Gasteiger partial charge in [-0.15, -0.1) is 0 Å². The number of nitrogens with zero attached hydrogens (tertiary/aromatic N) is 3. The molecule has 4 rings (SSSR count). The Morgan fingerprint density at radius 2 is 1.24 bits per heavy atom. The van der Waals surface area contributed by atoms with Gasteiger partial charge in [0.25, 0.3) is 5.91 Å². The predicted octanol–water partition coefficient (Wildman–Crippen LogP) is 4.24. The van der Waals surface area contributed by atoms with Crippen LogP contribution in [-0.4, -0.2) is 72.5 Å². The van der Waals surface area contributed by atoms with Gasteiger partial charge in [0, 0.05) is 30.7 Å². The molecular weight excluding hydrogens is 482 g/mol. The molecule has 208 valence electrons. The predicted molar refractivity (Wildman–Crippen MR) is 150 cm³/mol. The third-order valence-electron chi connectivity index (χ3n) is 6.98. The Balaban J connectivity index is 1.12. The molecule has 0 spiro atoms. The standard InChI is InChI=1S/C28H43N7O3/c36-25(22-10-5-4-6-11-22)29-16-18-37-20-21-38-19-17-30-26-33-27(31-23-12-7-2-1-3-8-13-23)35-28(34-26)32-24-14-9-15-24/h4-6,10-11,23-24H,1-3,7-9,12-21H2,(H,29,36)(H3,30,31,32,33,34,35). The Bertz CT molecular complexity index is 951. The molecule has 0 atom stereocenters. The molecular formula is C28H43N7O3. The second-order valence-electron chi connectivity index (χ2n) is 10.0. The molecule has 2 saturated carbocycles. The van der Waals surface area contributed by atoms with Crippen molar-refractivity contribution in [2.75, 3.05) is 55.5 Å². The van der Waals surface area contributed by atoms with Gasteiger partial charge in [-0.1, -0.05) is 50.3 Å². The van der Waals surface area contributed by atoms with Crippen LogP contribution in [0.15, 0.2) is 30.3 Å². The van der Waals surface area contributed by atoms with Gasteiger partial charge in [-0.25, -0.2) is 0 Å². The molecule has 0 radical (unpaired) electrons. The molecule has 1 aromatic heterocycles. The highest BCUT2D eigenvalue weighted by Gasteiger charge is 2.20. The fraction of sp³-hybridized carbons (Fsp3) is 0.643. The third kappa shape index (κ3) is 10.1. The summed E-state index contributed by atoms with van der Waals surface area (Å²) < 4.78 is 11.2. The van der Waals surface area contributed by atoms with E-state index in [4.69, 9.17) is 9.47 Å². The van der Waals surface area contributed by atoms with E-state index in [1.54, 1.807) is 12.1 Å². The number of carbonyl (C=O) groups excluding carboxylic acids is 1. The molecule has 38 heavy (non-hydrogen) atoms. The summed E-state index contributed by atoms with van der Waals surface area (Å²) in [6, 6.07) is 10.0. The van der Waals surface area contributed by atoms with E-state index >= 15 is 0 Å². The van der Waals surface area contributed by atoms with Crippen molar-refractivity contribution in [3.63, 3.8) is 0 Å². The van der Waals surface area contributed by atoms with Crippen LogP contribution in [0, 0.1) is 0 Å².